The molecule has 0 spiro atoms. The molecule has 3 rings (SSSR count). The van der Waals surface area contributed by atoms with Gasteiger partial charge in [0.1, 0.15) is 5.41 Å². The molecule has 2 fully saturated rings. The van der Waals surface area contributed by atoms with Gasteiger partial charge in [-0.15, -0.1) is 0 Å². The van der Waals surface area contributed by atoms with Crippen molar-refractivity contribution in [2.24, 2.45) is 16.7 Å². The maximum atomic E-state index is 12.6. The van der Waals surface area contributed by atoms with Crippen LogP contribution in [0, 0.1) is 16.7 Å². The summed E-state index contributed by atoms with van der Waals surface area (Å²) in [6, 6.07) is 6.80. The molecule has 0 heterocycles. The summed E-state index contributed by atoms with van der Waals surface area (Å²) in [5.41, 5.74) is 3.88. The number of hydrogen-bond donors (Lipinski definition) is 2. The van der Waals surface area contributed by atoms with Gasteiger partial charge in [-0.05, 0) is 49.4 Å². The number of carbonyl (C=O) groups is 3. The summed E-state index contributed by atoms with van der Waals surface area (Å²) in [6.45, 7) is 3.82. The number of Topliss-reactive ketones (excluding diaryl/α,β-unsaturated/α-hetero) is 1. The molecule has 2 unspecified atom stereocenters. The smallest absolute Gasteiger partial charge is 0.269 e. The van der Waals surface area contributed by atoms with E-state index in [4.69, 9.17) is 0 Å². The van der Waals surface area contributed by atoms with Gasteiger partial charge in [-0.3, -0.25) is 25.2 Å². The summed E-state index contributed by atoms with van der Waals surface area (Å²) in [5.74, 6) is -0.540. The van der Waals surface area contributed by atoms with Gasteiger partial charge in [0.15, 0.2) is 5.78 Å². The van der Waals surface area contributed by atoms with Crippen molar-refractivity contribution in [2.75, 3.05) is 0 Å². The zero-order valence-corrected chi connectivity index (χ0v) is 14.7. The van der Waals surface area contributed by atoms with E-state index in [1.165, 1.54) is 0 Å². The van der Waals surface area contributed by atoms with Gasteiger partial charge < -0.3 is 0 Å². The second-order valence-corrected chi connectivity index (χ2v) is 7.90. The molecule has 0 saturated heterocycles. The predicted molar refractivity (Wildman–Crippen MR) is 88.3 cm³/mol. The maximum Gasteiger partial charge on any atom is 0.269 e. The molecule has 5 nitrogen and oxygen atoms in total. The first-order chi connectivity index (χ1) is 10.8. The summed E-state index contributed by atoms with van der Waals surface area (Å²) in [7, 11) is 0. The number of benzene rings is 1. The Bertz CT molecular complexity index is 684. The van der Waals surface area contributed by atoms with Crippen LogP contribution in [0.3, 0.4) is 0 Å². The van der Waals surface area contributed by atoms with Crippen molar-refractivity contribution in [2.45, 2.75) is 33.1 Å². The lowest BCUT2D eigenvalue weighted by molar-refractivity contribution is -0.145. The van der Waals surface area contributed by atoms with E-state index in [-0.39, 0.29) is 17.6 Å². The highest BCUT2D eigenvalue weighted by Crippen LogP contribution is 2.60. The van der Waals surface area contributed by atoms with Crippen LogP contribution in [-0.2, 0) is 9.59 Å². The molecule has 0 aromatic heterocycles. The Morgan fingerprint density at radius 1 is 1.17 bits per heavy atom. The zero-order valence-electron chi connectivity index (χ0n) is 13.1. The number of carbonyl (C=O) groups excluding carboxylic acids is 3. The molecule has 0 aliphatic heterocycles. The van der Waals surface area contributed by atoms with Gasteiger partial charge in [-0.25, -0.2) is 0 Å². The van der Waals surface area contributed by atoms with Crippen LogP contribution in [0.5, 0.6) is 0 Å². The highest BCUT2D eigenvalue weighted by atomic mass is 79.9. The Labute approximate surface area is 143 Å². The number of rotatable bonds is 2. The Kier molecular flexibility index (Phi) is 3.83. The molecule has 6 heteroatoms. The third kappa shape index (κ3) is 2.49. The Morgan fingerprint density at radius 2 is 1.83 bits per heavy atom. The molecule has 1 aromatic rings. The van der Waals surface area contributed by atoms with Gasteiger partial charge in [0.2, 0.25) is 0 Å². The highest BCUT2D eigenvalue weighted by Gasteiger charge is 2.65. The number of amides is 2. The Balaban J connectivity index is 1.67. The van der Waals surface area contributed by atoms with Crippen LogP contribution >= 0.6 is 15.9 Å². The lowest BCUT2D eigenvalue weighted by Gasteiger charge is -2.32. The van der Waals surface area contributed by atoms with Crippen LogP contribution in [0.15, 0.2) is 28.7 Å². The van der Waals surface area contributed by atoms with E-state index in [0.29, 0.717) is 18.4 Å². The molecule has 2 N–H and O–H groups in total. The number of ketones is 1. The maximum absolute atomic E-state index is 12.6. The van der Waals surface area contributed by atoms with Crippen molar-refractivity contribution in [3.8, 4) is 0 Å². The first kappa shape index (κ1) is 16.2. The molecule has 2 bridgehead atoms. The number of hydrazine groups is 1. The van der Waals surface area contributed by atoms with Gasteiger partial charge in [-0.1, -0.05) is 29.8 Å². The second-order valence-electron chi connectivity index (χ2n) is 6.99. The number of hydrogen-bond acceptors (Lipinski definition) is 3. The first-order valence-electron chi connectivity index (χ1n) is 7.69. The number of nitrogens with one attached hydrogen (secondary N) is 2. The van der Waals surface area contributed by atoms with Crippen LogP contribution in [0.1, 0.15) is 43.5 Å². The van der Waals surface area contributed by atoms with Crippen molar-refractivity contribution < 1.29 is 14.4 Å². The van der Waals surface area contributed by atoms with E-state index < -0.39 is 16.7 Å². The number of halogens is 1. The van der Waals surface area contributed by atoms with E-state index in [9.17, 15) is 14.4 Å². The fraction of sp³-hybridized carbons (Fsp3) is 0.471. The summed E-state index contributed by atoms with van der Waals surface area (Å²) < 4.78 is 0.868. The molecule has 2 saturated carbocycles. The molecule has 0 radical (unpaired) electrons. The quantitative estimate of drug-likeness (QED) is 0.613. The largest absolute Gasteiger partial charge is 0.298 e. The average Bonchev–Trinajstić information content (AvgIpc) is 3.05. The van der Waals surface area contributed by atoms with Gasteiger partial charge in [0.25, 0.3) is 11.8 Å². The third-order valence-electron chi connectivity index (χ3n) is 5.39. The fourth-order valence-electron chi connectivity index (χ4n) is 3.89. The third-order valence-corrected chi connectivity index (χ3v) is 5.91. The molecule has 2 atom stereocenters. The SMILES string of the molecule is CC1(C)C(=O)C2(C(=O)NNC(=O)c3ccc(Br)cc3)CCC1C2. The fourth-order valence-corrected chi connectivity index (χ4v) is 4.15. The summed E-state index contributed by atoms with van der Waals surface area (Å²) in [5, 5.41) is 0. The molecule has 1 aromatic carbocycles. The molecular weight excluding hydrogens is 360 g/mol. The van der Waals surface area contributed by atoms with E-state index in [1.54, 1.807) is 24.3 Å². The second kappa shape index (κ2) is 5.44. The lowest BCUT2D eigenvalue weighted by atomic mass is 9.70. The molecule has 122 valence electrons. The monoisotopic (exact) mass is 378 g/mol. The standard InChI is InChI=1S/C17H19BrN2O3/c1-16(2)11-7-8-17(9-11,14(16)22)15(23)20-19-13(21)10-3-5-12(18)6-4-10/h3-6,11H,7-9H2,1-2H3,(H,19,21)(H,20,23). The van der Waals surface area contributed by atoms with Crippen molar-refractivity contribution in [3.63, 3.8) is 0 Å². The van der Waals surface area contributed by atoms with Crippen LogP contribution in [-0.4, -0.2) is 17.6 Å². The minimum atomic E-state index is -0.971. The highest BCUT2D eigenvalue weighted by molar-refractivity contribution is 9.10. The molecule has 2 amide bonds. The van der Waals surface area contributed by atoms with Crippen LogP contribution in [0.25, 0.3) is 0 Å². The number of fused-ring (bicyclic) bond motifs is 2. The van der Waals surface area contributed by atoms with Crippen LogP contribution in [0.2, 0.25) is 0 Å². The van der Waals surface area contributed by atoms with Crippen molar-refractivity contribution in [3.05, 3.63) is 34.3 Å². The van der Waals surface area contributed by atoms with E-state index in [0.717, 1.165) is 10.9 Å². The summed E-state index contributed by atoms with van der Waals surface area (Å²) >= 11 is 3.30. The van der Waals surface area contributed by atoms with E-state index >= 15 is 0 Å². The molecule has 23 heavy (non-hydrogen) atoms. The first-order valence-corrected chi connectivity index (χ1v) is 8.48. The summed E-state index contributed by atoms with van der Waals surface area (Å²) in [6.07, 6.45) is 2.03. The van der Waals surface area contributed by atoms with Gasteiger partial charge in [0.05, 0.1) is 0 Å². The van der Waals surface area contributed by atoms with Gasteiger partial charge >= 0.3 is 0 Å². The van der Waals surface area contributed by atoms with Crippen molar-refractivity contribution >= 4 is 33.5 Å². The Hall–Kier alpha value is -1.69. The predicted octanol–water partition coefficient (Wildman–Crippen LogP) is 2.61. The van der Waals surface area contributed by atoms with Crippen molar-refractivity contribution in [1.29, 1.82) is 0 Å². The van der Waals surface area contributed by atoms with Crippen LogP contribution in [0.4, 0.5) is 0 Å². The normalized spacial score (nSPS) is 27.8. The molecule has 2 aliphatic rings. The summed E-state index contributed by atoms with van der Waals surface area (Å²) in [4.78, 5) is 37.2. The van der Waals surface area contributed by atoms with Crippen LogP contribution < -0.4 is 10.9 Å². The zero-order chi connectivity index (χ0) is 16.8. The minimum absolute atomic E-state index is 0.00311. The molecule has 2 aliphatic carbocycles. The topological polar surface area (TPSA) is 75.3 Å². The van der Waals surface area contributed by atoms with Crippen molar-refractivity contribution in [1.82, 2.24) is 10.9 Å². The van der Waals surface area contributed by atoms with E-state index in [1.807, 2.05) is 13.8 Å². The lowest BCUT2D eigenvalue weighted by Crippen LogP contribution is -2.52. The molecular formula is C17H19BrN2O3. The average molecular weight is 379 g/mol. The van der Waals surface area contributed by atoms with E-state index in [2.05, 4.69) is 26.8 Å². The van der Waals surface area contributed by atoms with Gasteiger partial charge in [0, 0.05) is 15.5 Å². The van der Waals surface area contributed by atoms with Gasteiger partial charge in [-0.2, -0.15) is 0 Å². The minimum Gasteiger partial charge on any atom is -0.298 e. The Morgan fingerprint density at radius 3 is 2.39 bits per heavy atom.